The first-order chi connectivity index (χ1) is 18.8. The molecule has 0 radical (unpaired) electrons. The molecule has 0 saturated carbocycles. The highest BCUT2D eigenvalue weighted by Crippen LogP contribution is 2.13. The molecular weight excluding hydrogens is 512 g/mol. The summed E-state index contributed by atoms with van der Waals surface area (Å²) in [6, 6.07) is 11.4. The highest BCUT2D eigenvalue weighted by atomic mass is 16.4. The predicted octanol–water partition coefficient (Wildman–Crippen LogP) is 2.14. The maximum Gasteiger partial charge on any atom is 0.326 e. The Kier molecular flexibility index (Phi) is 12.6. The van der Waals surface area contributed by atoms with Crippen LogP contribution < -0.4 is 21.7 Å². The zero-order chi connectivity index (χ0) is 29.8. The van der Waals surface area contributed by atoms with E-state index in [0.717, 1.165) is 5.56 Å². The number of hydrogen-bond acceptors (Lipinski definition) is 6. The first-order valence-corrected chi connectivity index (χ1v) is 13.6. The molecular formula is C30H42N4O6. The molecule has 0 spiro atoms. The van der Waals surface area contributed by atoms with Crippen LogP contribution in [0.4, 0.5) is 0 Å². The molecule has 0 bridgehead atoms. The fourth-order valence-electron chi connectivity index (χ4n) is 4.26. The lowest BCUT2D eigenvalue weighted by Gasteiger charge is -2.26. The van der Waals surface area contributed by atoms with E-state index in [9.17, 15) is 29.4 Å². The molecule has 0 aliphatic rings. The number of carboxylic acid groups (broad SMARTS) is 1. The lowest BCUT2D eigenvalue weighted by atomic mass is 9.99. The smallest absolute Gasteiger partial charge is 0.326 e. The quantitative estimate of drug-likeness (QED) is 0.196. The van der Waals surface area contributed by atoms with E-state index in [1.54, 1.807) is 12.1 Å². The van der Waals surface area contributed by atoms with Crippen LogP contribution >= 0.6 is 0 Å². The van der Waals surface area contributed by atoms with Gasteiger partial charge in [-0.25, -0.2) is 4.79 Å². The van der Waals surface area contributed by atoms with Gasteiger partial charge in [0.25, 0.3) is 0 Å². The first-order valence-electron chi connectivity index (χ1n) is 13.6. The molecule has 2 rings (SSSR count). The van der Waals surface area contributed by atoms with Crippen molar-refractivity contribution in [3.05, 3.63) is 65.7 Å². The zero-order valence-corrected chi connectivity index (χ0v) is 23.6. The summed E-state index contributed by atoms with van der Waals surface area (Å²) in [5.74, 6) is -2.80. The van der Waals surface area contributed by atoms with Crippen molar-refractivity contribution in [3.8, 4) is 5.75 Å². The Morgan fingerprint density at radius 3 is 1.70 bits per heavy atom. The molecule has 218 valence electrons. The Balaban J connectivity index is 2.23. The molecule has 10 heteroatoms. The molecule has 7 N–H and O–H groups in total. The van der Waals surface area contributed by atoms with Gasteiger partial charge in [-0.2, -0.15) is 0 Å². The van der Waals surface area contributed by atoms with Gasteiger partial charge >= 0.3 is 5.97 Å². The second kappa shape index (κ2) is 15.6. The number of aromatic hydroxyl groups is 1. The average Bonchev–Trinajstić information content (AvgIpc) is 2.88. The number of rotatable bonds is 15. The molecule has 40 heavy (non-hydrogen) atoms. The van der Waals surface area contributed by atoms with Crippen molar-refractivity contribution in [3.63, 3.8) is 0 Å². The van der Waals surface area contributed by atoms with Gasteiger partial charge in [0.1, 0.15) is 23.9 Å². The van der Waals surface area contributed by atoms with E-state index < -0.39 is 47.9 Å². The SMILES string of the molecule is CC(C)CC(NC(=O)C(CC(C)C)NC(=O)C(Cc1ccc(O)cc1)NC(=O)C(N)Cc1ccccc1)C(=O)O. The summed E-state index contributed by atoms with van der Waals surface area (Å²) >= 11 is 0. The minimum atomic E-state index is -1.15. The number of carboxylic acids is 1. The van der Waals surface area contributed by atoms with E-state index in [-0.39, 0.29) is 43.3 Å². The summed E-state index contributed by atoms with van der Waals surface area (Å²) in [6.45, 7) is 7.48. The number of benzene rings is 2. The average molecular weight is 555 g/mol. The molecule has 0 aromatic heterocycles. The van der Waals surface area contributed by atoms with Gasteiger partial charge in [0.2, 0.25) is 17.7 Å². The van der Waals surface area contributed by atoms with E-state index in [1.165, 1.54) is 12.1 Å². The zero-order valence-electron chi connectivity index (χ0n) is 23.6. The van der Waals surface area contributed by atoms with Crippen molar-refractivity contribution in [2.24, 2.45) is 17.6 Å². The van der Waals surface area contributed by atoms with Crippen LogP contribution in [0.2, 0.25) is 0 Å². The van der Waals surface area contributed by atoms with Crippen LogP contribution in [-0.2, 0) is 32.0 Å². The van der Waals surface area contributed by atoms with Gasteiger partial charge in [0, 0.05) is 6.42 Å². The van der Waals surface area contributed by atoms with Crippen LogP contribution in [0.3, 0.4) is 0 Å². The largest absolute Gasteiger partial charge is 0.508 e. The minimum absolute atomic E-state index is 0.00820. The van der Waals surface area contributed by atoms with Crippen LogP contribution in [-0.4, -0.2) is 58.1 Å². The Morgan fingerprint density at radius 1 is 0.675 bits per heavy atom. The molecule has 2 aromatic carbocycles. The highest BCUT2D eigenvalue weighted by molar-refractivity contribution is 5.94. The number of nitrogens with one attached hydrogen (secondary N) is 3. The number of phenols is 1. The topological polar surface area (TPSA) is 171 Å². The fourth-order valence-corrected chi connectivity index (χ4v) is 4.26. The van der Waals surface area contributed by atoms with Crippen LogP contribution in [0.1, 0.15) is 51.7 Å². The van der Waals surface area contributed by atoms with Gasteiger partial charge in [0.15, 0.2) is 0 Å². The summed E-state index contributed by atoms with van der Waals surface area (Å²) in [5.41, 5.74) is 7.69. The second-order valence-electron chi connectivity index (χ2n) is 10.9. The van der Waals surface area contributed by atoms with Gasteiger partial charge in [-0.05, 0) is 54.4 Å². The van der Waals surface area contributed by atoms with Gasteiger partial charge in [-0.15, -0.1) is 0 Å². The van der Waals surface area contributed by atoms with Gasteiger partial charge < -0.3 is 31.9 Å². The number of amides is 3. The van der Waals surface area contributed by atoms with Crippen molar-refractivity contribution in [2.45, 2.75) is 77.5 Å². The van der Waals surface area contributed by atoms with Crippen LogP contribution in [0, 0.1) is 11.8 Å². The van der Waals surface area contributed by atoms with E-state index in [1.807, 2.05) is 58.0 Å². The summed E-state index contributed by atoms with van der Waals surface area (Å²) in [6.07, 6.45) is 0.850. The highest BCUT2D eigenvalue weighted by Gasteiger charge is 2.31. The number of aliphatic carboxylic acids is 1. The fraction of sp³-hybridized carbons (Fsp3) is 0.467. The third-order valence-corrected chi connectivity index (χ3v) is 6.31. The molecule has 0 aliphatic carbocycles. The van der Waals surface area contributed by atoms with Crippen molar-refractivity contribution in [2.75, 3.05) is 0 Å². The lowest BCUT2D eigenvalue weighted by Crippen LogP contribution is -2.58. The number of carbonyl (C=O) groups is 4. The number of carbonyl (C=O) groups excluding carboxylic acids is 3. The molecule has 0 aliphatic heterocycles. The van der Waals surface area contributed by atoms with Gasteiger partial charge in [0.05, 0.1) is 6.04 Å². The number of phenolic OH excluding ortho intramolecular Hbond substituents is 1. The molecule has 2 aromatic rings. The first kappa shape index (κ1) is 32.3. The van der Waals surface area contributed by atoms with Crippen molar-refractivity contribution in [1.29, 1.82) is 0 Å². The molecule has 0 heterocycles. The maximum atomic E-state index is 13.5. The molecule has 4 unspecified atom stereocenters. The molecule has 4 atom stereocenters. The van der Waals surface area contributed by atoms with E-state index in [4.69, 9.17) is 5.73 Å². The van der Waals surface area contributed by atoms with Crippen molar-refractivity contribution < 1.29 is 29.4 Å². The third-order valence-electron chi connectivity index (χ3n) is 6.31. The maximum absolute atomic E-state index is 13.5. The Bertz CT molecular complexity index is 1120. The molecule has 0 fully saturated rings. The minimum Gasteiger partial charge on any atom is -0.508 e. The third kappa shape index (κ3) is 11.1. The Hall–Kier alpha value is -3.92. The molecule has 3 amide bonds. The van der Waals surface area contributed by atoms with Gasteiger partial charge in [-0.1, -0.05) is 70.2 Å². The summed E-state index contributed by atoms with van der Waals surface area (Å²) in [5, 5.41) is 27.2. The monoisotopic (exact) mass is 554 g/mol. The summed E-state index contributed by atoms with van der Waals surface area (Å²) in [4.78, 5) is 51.4. The summed E-state index contributed by atoms with van der Waals surface area (Å²) < 4.78 is 0. The Morgan fingerprint density at radius 2 is 1.15 bits per heavy atom. The Labute approximate surface area is 235 Å². The van der Waals surface area contributed by atoms with Crippen LogP contribution in [0.25, 0.3) is 0 Å². The number of hydrogen-bond donors (Lipinski definition) is 6. The lowest BCUT2D eigenvalue weighted by molar-refractivity contribution is -0.143. The molecule has 0 saturated heterocycles. The van der Waals surface area contributed by atoms with Gasteiger partial charge in [-0.3, -0.25) is 14.4 Å². The second-order valence-corrected chi connectivity index (χ2v) is 10.9. The standard InChI is InChI=1S/C30H42N4O6/c1-18(2)14-24(28(37)34-26(30(39)40)15-19(3)4)33-29(38)25(17-21-10-12-22(35)13-11-21)32-27(36)23(31)16-20-8-6-5-7-9-20/h5-13,18-19,23-26,35H,14-17,31H2,1-4H3,(H,32,36)(H,33,38)(H,34,37)(H,39,40). The normalized spacial score (nSPS) is 14.2. The van der Waals surface area contributed by atoms with Crippen LogP contribution in [0.5, 0.6) is 5.75 Å². The molecule has 10 nitrogen and oxygen atoms in total. The van der Waals surface area contributed by atoms with E-state index in [2.05, 4.69) is 16.0 Å². The van der Waals surface area contributed by atoms with Crippen molar-refractivity contribution >= 4 is 23.7 Å². The summed E-state index contributed by atoms with van der Waals surface area (Å²) in [7, 11) is 0. The predicted molar refractivity (Wildman–Crippen MR) is 152 cm³/mol. The van der Waals surface area contributed by atoms with Crippen molar-refractivity contribution in [1.82, 2.24) is 16.0 Å². The van der Waals surface area contributed by atoms with Crippen LogP contribution in [0.15, 0.2) is 54.6 Å². The van der Waals surface area contributed by atoms with E-state index >= 15 is 0 Å². The number of nitrogens with two attached hydrogens (primary N) is 1. The van der Waals surface area contributed by atoms with E-state index in [0.29, 0.717) is 5.56 Å².